The van der Waals surface area contributed by atoms with Crippen molar-refractivity contribution >= 4 is 5.71 Å². The van der Waals surface area contributed by atoms with Crippen molar-refractivity contribution in [3.63, 3.8) is 0 Å². The Morgan fingerprint density at radius 1 is 1.36 bits per heavy atom. The van der Waals surface area contributed by atoms with Crippen LogP contribution in [0.2, 0.25) is 0 Å². The van der Waals surface area contributed by atoms with Gasteiger partial charge in [0.15, 0.2) is 0 Å². The minimum absolute atomic E-state index is 0.249. The average Bonchev–Trinajstić information content (AvgIpc) is 2.05. The third-order valence-corrected chi connectivity index (χ3v) is 1.48. The zero-order chi connectivity index (χ0) is 8.27. The quantitative estimate of drug-likeness (QED) is 0.357. The van der Waals surface area contributed by atoms with Crippen LogP contribution in [0.1, 0.15) is 12.5 Å². The number of hydrogen-bond acceptors (Lipinski definition) is 3. The second-order valence-electron chi connectivity index (χ2n) is 2.26. The molecule has 1 rings (SSSR count). The lowest BCUT2D eigenvalue weighted by Crippen LogP contribution is -1.97. The van der Waals surface area contributed by atoms with E-state index < -0.39 is 0 Å². The standard InChI is InChI=1S/C8H10N2O/c1-6(10-9)7-2-4-8(11)5-3-7/h2-5,11H,9H2,1H3. The molecule has 0 radical (unpaired) electrons. The van der Waals surface area contributed by atoms with Gasteiger partial charge in [0.2, 0.25) is 0 Å². The van der Waals surface area contributed by atoms with Crippen LogP contribution in [0, 0.1) is 0 Å². The van der Waals surface area contributed by atoms with Crippen molar-refractivity contribution in [3.05, 3.63) is 29.8 Å². The first-order valence-electron chi connectivity index (χ1n) is 3.28. The van der Waals surface area contributed by atoms with Crippen molar-refractivity contribution in [2.24, 2.45) is 10.9 Å². The summed E-state index contributed by atoms with van der Waals surface area (Å²) in [4.78, 5) is 0. The van der Waals surface area contributed by atoms with Crippen molar-refractivity contribution in [2.75, 3.05) is 0 Å². The Balaban J connectivity index is 2.99. The molecule has 58 valence electrons. The van der Waals surface area contributed by atoms with E-state index in [1.807, 2.05) is 6.92 Å². The number of nitrogens with two attached hydrogens (primary N) is 1. The largest absolute Gasteiger partial charge is 0.508 e. The second kappa shape index (κ2) is 3.05. The van der Waals surface area contributed by atoms with Gasteiger partial charge in [-0.1, -0.05) is 0 Å². The van der Waals surface area contributed by atoms with Gasteiger partial charge in [0.25, 0.3) is 0 Å². The van der Waals surface area contributed by atoms with E-state index in [9.17, 15) is 0 Å². The topological polar surface area (TPSA) is 58.6 Å². The Bertz CT molecular complexity index is 264. The van der Waals surface area contributed by atoms with Crippen LogP contribution in [0.25, 0.3) is 0 Å². The second-order valence-corrected chi connectivity index (χ2v) is 2.26. The third kappa shape index (κ3) is 1.70. The molecule has 3 nitrogen and oxygen atoms in total. The van der Waals surface area contributed by atoms with Crippen molar-refractivity contribution in [3.8, 4) is 5.75 Å². The highest BCUT2D eigenvalue weighted by Crippen LogP contribution is 2.09. The van der Waals surface area contributed by atoms with E-state index in [0.29, 0.717) is 0 Å². The van der Waals surface area contributed by atoms with Crippen LogP contribution in [0.4, 0.5) is 0 Å². The summed E-state index contributed by atoms with van der Waals surface area (Å²) >= 11 is 0. The fraction of sp³-hybridized carbons (Fsp3) is 0.125. The lowest BCUT2D eigenvalue weighted by molar-refractivity contribution is 0.475. The van der Waals surface area contributed by atoms with E-state index in [4.69, 9.17) is 10.9 Å². The molecule has 0 aliphatic heterocycles. The van der Waals surface area contributed by atoms with Gasteiger partial charge < -0.3 is 10.9 Å². The van der Waals surface area contributed by atoms with E-state index in [1.165, 1.54) is 0 Å². The van der Waals surface area contributed by atoms with Gasteiger partial charge in [-0.2, -0.15) is 5.10 Å². The van der Waals surface area contributed by atoms with Gasteiger partial charge in [-0.3, -0.25) is 0 Å². The molecule has 0 heterocycles. The van der Waals surface area contributed by atoms with Crippen LogP contribution in [-0.4, -0.2) is 10.8 Å². The molecule has 0 saturated heterocycles. The molecule has 1 aromatic carbocycles. The zero-order valence-electron chi connectivity index (χ0n) is 6.28. The highest BCUT2D eigenvalue weighted by molar-refractivity contribution is 5.98. The zero-order valence-corrected chi connectivity index (χ0v) is 6.28. The lowest BCUT2D eigenvalue weighted by Gasteiger charge is -1.97. The molecule has 0 aliphatic rings. The molecule has 3 N–H and O–H groups in total. The SMILES string of the molecule is CC(=NN)c1ccc(O)cc1. The van der Waals surface area contributed by atoms with E-state index in [2.05, 4.69) is 5.10 Å². The summed E-state index contributed by atoms with van der Waals surface area (Å²) in [6, 6.07) is 6.73. The van der Waals surface area contributed by atoms with Crippen LogP contribution >= 0.6 is 0 Å². The summed E-state index contributed by atoms with van der Waals surface area (Å²) in [5.74, 6) is 5.32. The highest BCUT2D eigenvalue weighted by Gasteiger charge is 1.94. The van der Waals surface area contributed by atoms with Gasteiger partial charge in [0.05, 0.1) is 5.71 Å². The number of rotatable bonds is 1. The van der Waals surface area contributed by atoms with Crippen LogP contribution in [0.3, 0.4) is 0 Å². The Morgan fingerprint density at radius 2 is 1.91 bits per heavy atom. The normalized spacial score (nSPS) is 11.5. The molecule has 0 amide bonds. The fourth-order valence-electron chi connectivity index (χ4n) is 0.777. The molecule has 0 aliphatic carbocycles. The molecule has 3 heteroatoms. The Kier molecular flexibility index (Phi) is 2.11. The van der Waals surface area contributed by atoms with Gasteiger partial charge in [0, 0.05) is 0 Å². The number of hydrogen-bond donors (Lipinski definition) is 2. The van der Waals surface area contributed by atoms with Gasteiger partial charge in [-0.15, -0.1) is 0 Å². The summed E-state index contributed by atoms with van der Waals surface area (Å²) < 4.78 is 0. The molecular weight excluding hydrogens is 140 g/mol. The van der Waals surface area contributed by atoms with E-state index in [-0.39, 0.29) is 5.75 Å². The molecule has 0 bridgehead atoms. The Morgan fingerprint density at radius 3 is 2.36 bits per heavy atom. The van der Waals surface area contributed by atoms with Crippen molar-refractivity contribution in [1.82, 2.24) is 0 Å². The van der Waals surface area contributed by atoms with Gasteiger partial charge >= 0.3 is 0 Å². The predicted molar refractivity (Wildman–Crippen MR) is 44.5 cm³/mol. The van der Waals surface area contributed by atoms with Crippen LogP contribution < -0.4 is 5.84 Å². The van der Waals surface area contributed by atoms with Gasteiger partial charge in [-0.05, 0) is 36.8 Å². The molecule has 0 atom stereocenters. The van der Waals surface area contributed by atoms with Crippen LogP contribution in [-0.2, 0) is 0 Å². The van der Waals surface area contributed by atoms with Gasteiger partial charge in [0.1, 0.15) is 5.75 Å². The van der Waals surface area contributed by atoms with E-state index >= 15 is 0 Å². The molecule has 0 unspecified atom stereocenters. The van der Waals surface area contributed by atoms with Crippen molar-refractivity contribution < 1.29 is 5.11 Å². The summed E-state index contributed by atoms with van der Waals surface area (Å²) in [6.07, 6.45) is 0. The number of phenolic OH excluding ortho intramolecular Hbond substituents is 1. The molecule has 0 aromatic heterocycles. The maximum absolute atomic E-state index is 8.94. The maximum Gasteiger partial charge on any atom is 0.115 e. The minimum Gasteiger partial charge on any atom is -0.508 e. The number of phenols is 1. The summed E-state index contributed by atoms with van der Waals surface area (Å²) in [7, 11) is 0. The van der Waals surface area contributed by atoms with Crippen molar-refractivity contribution in [1.29, 1.82) is 0 Å². The first kappa shape index (κ1) is 7.60. The Labute approximate surface area is 65.2 Å². The number of benzene rings is 1. The first-order chi connectivity index (χ1) is 5.24. The number of aromatic hydroxyl groups is 1. The number of hydrazone groups is 1. The number of nitrogens with zero attached hydrogens (tertiary/aromatic N) is 1. The molecule has 0 saturated carbocycles. The third-order valence-electron chi connectivity index (χ3n) is 1.48. The molecule has 0 spiro atoms. The smallest absolute Gasteiger partial charge is 0.115 e. The first-order valence-corrected chi connectivity index (χ1v) is 3.28. The lowest BCUT2D eigenvalue weighted by atomic mass is 10.1. The average molecular weight is 150 g/mol. The van der Waals surface area contributed by atoms with Crippen molar-refractivity contribution in [2.45, 2.75) is 6.92 Å². The predicted octanol–water partition coefficient (Wildman–Crippen LogP) is 1.07. The summed E-state index contributed by atoms with van der Waals surface area (Å²) in [5.41, 5.74) is 1.68. The fourth-order valence-corrected chi connectivity index (χ4v) is 0.777. The highest BCUT2D eigenvalue weighted by atomic mass is 16.3. The monoisotopic (exact) mass is 150 g/mol. The van der Waals surface area contributed by atoms with E-state index in [0.717, 1.165) is 11.3 Å². The molecule has 11 heavy (non-hydrogen) atoms. The van der Waals surface area contributed by atoms with Crippen LogP contribution in [0.15, 0.2) is 29.4 Å². The molecule has 1 aromatic rings. The Hall–Kier alpha value is -1.51. The summed E-state index contributed by atoms with van der Waals surface area (Å²) in [6.45, 7) is 1.81. The summed E-state index contributed by atoms with van der Waals surface area (Å²) in [5, 5.41) is 12.5. The minimum atomic E-state index is 0.249. The maximum atomic E-state index is 8.94. The van der Waals surface area contributed by atoms with Crippen LogP contribution in [0.5, 0.6) is 5.75 Å². The molecule has 0 fully saturated rings. The molecular formula is C8H10N2O. The van der Waals surface area contributed by atoms with E-state index in [1.54, 1.807) is 24.3 Å². The van der Waals surface area contributed by atoms with Gasteiger partial charge in [-0.25, -0.2) is 0 Å².